The molecule has 0 unspecified atom stereocenters. The standard InChI is InChI=1S/C18H13FN2O3/c1-24-18(23)13-4-2-12(3-5-13)10-14(11-20)17(22)21-16-8-6-15(19)7-9-16/h2-10H,1H3,(H,21,22). The van der Waals surface area contributed by atoms with E-state index < -0.39 is 17.7 Å². The van der Waals surface area contributed by atoms with E-state index >= 15 is 0 Å². The van der Waals surface area contributed by atoms with Gasteiger partial charge in [-0.2, -0.15) is 5.26 Å². The molecule has 1 N–H and O–H groups in total. The fraction of sp³-hybridized carbons (Fsp3) is 0.0556. The molecular formula is C18H13FN2O3. The molecule has 0 fully saturated rings. The van der Waals surface area contributed by atoms with E-state index in [1.54, 1.807) is 12.1 Å². The molecule has 6 heteroatoms. The van der Waals surface area contributed by atoms with Crippen molar-refractivity contribution in [3.8, 4) is 6.07 Å². The number of nitrogens with one attached hydrogen (secondary N) is 1. The summed E-state index contributed by atoms with van der Waals surface area (Å²) in [7, 11) is 1.28. The van der Waals surface area contributed by atoms with Crippen LogP contribution < -0.4 is 5.32 Å². The lowest BCUT2D eigenvalue weighted by molar-refractivity contribution is -0.112. The zero-order chi connectivity index (χ0) is 17.5. The molecule has 0 aromatic heterocycles. The maximum absolute atomic E-state index is 12.8. The van der Waals surface area contributed by atoms with Gasteiger partial charge in [0.25, 0.3) is 5.91 Å². The predicted molar refractivity (Wildman–Crippen MR) is 86.4 cm³/mol. The highest BCUT2D eigenvalue weighted by Gasteiger charge is 2.10. The quantitative estimate of drug-likeness (QED) is 0.532. The molecule has 24 heavy (non-hydrogen) atoms. The van der Waals surface area contributed by atoms with E-state index in [4.69, 9.17) is 5.26 Å². The third-order valence-electron chi connectivity index (χ3n) is 3.11. The summed E-state index contributed by atoms with van der Waals surface area (Å²) in [6, 6.07) is 13.3. The van der Waals surface area contributed by atoms with E-state index in [0.29, 0.717) is 16.8 Å². The summed E-state index contributed by atoms with van der Waals surface area (Å²) in [6.07, 6.45) is 1.39. The van der Waals surface area contributed by atoms with Gasteiger partial charge in [0.1, 0.15) is 17.5 Å². The molecule has 0 saturated heterocycles. The average Bonchev–Trinajstić information content (AvgIpc) is 2.61. The monoisotopic (exact) mass is 324 g/mol. The van der Waals surface area contributed by atoms with Crippen molar-refractivity contribution in [2.75, 3.05) is 12.4 Å². The van der Waals surface area contributed by atoms with Crippen LogP contribution in [0.15, 0.2) is 54.1 Å². The number of halogens is 1. The first kappa shape index (κ1) is 16.9. The molecule has 5 nitrogen and oxygen atoms in total. The Kier molecular flexibility index (Phi) is 5.42. The SMILES string of the molecule is COC(=O)c1ccc(C=C(C#N)C(=O)Nc2ccc(F)cc2)cc1. The van der Waals surface area contributed by atoms with Crippen molar-refractivity contribution in [2.24, 2.45) is 0 Å². The van der Waals surface area contributed by atoms with Gasteiger partial charge in [0, 0.05) is 5.69 Å². The Hall–Kier alpha value is -3.46. The summed E-state index contributed by atoms with van der Waals surface area (Å²) in [5.74, 6) is -1.50. The van der Waals surface area contributed by atoms with Crippen molar-refractivity contribution in [3.05, 3.63) is 71.0 Å². The van der Waals surface area contributed by atoms with E-state index in [0.717, 1.165) is 0 Å². The van der Waals surface area contributed by atoms with Gasteiger partial charge in [0.15, 0.2) is 0 Å². The van der Waals surface area contributed by atoms with Crippen molar-refractivity contribution in [1.29, 1.82) is 5.26 Å². The molecule has 1 amide bonds. The number of carbonyl (C=O) groups excluding carboxylic acids is 2. The Labute approximate surface area is 138 Å². The van der Waals surface area contributed by atoms with Gasteiger partial charge in [0.05, 0.1) is 12.7 Å². The maximum Gasteiger partial charge on any atom is 0.337 e. The Morgan fingerprint density at radius 1 is 1.12 bits per heavy atom. The van der Waals surface area contributed by atoms with Gasteiger partial charge in [-0.05, 0) is 48.0 Å². The molecule has 0 spiro atoms. The second-order valence-corrected chi connectivity index (χ2v) is 4.74. The zero-order valence-corrected chi connectivity index (χ0v) is 12.7. The van der Waals surface area contributed by atoms with Gasteiger partial charge >= 0.3 is 5.97 Å². The van der Waals surface area contributed by atoms with Crippen LogP contribution in [-0.2, 0) is 9.53 Å². The lowest BCUT2D eigenvalue weighted by Crippen LogP contribution is -2.13. The highest BCUT2D eigenvalue weighted by Crippen LogP contribution is 2.13. The summed E-state index contributed by atoms with van der Waals surface area (Å²) in [5.41, 5.74) is 1.20. The maximum atomic E-state index is 12.8. The fourth-order valence-corrected chi connectivity index (χ4v) is 1.88. The first-order chi connectivity index (χ1) is 11.5. The summed E-state index contributed by atoms with van der Waals surface area (Å²) in [4.78, 5) is 23.4. The lowest BCUT2D eigenvalue weighted by atomic mass is 10.1. The minimum Gasteiger partial charge on any atom is -0.465 e. The molecule has 0 bridgehead atoms. The van der Waals surface area contributed by atoms with Crippen LogP contribution in [-0.4, -0.2) is 19.0 Å². The fourth-order valence-electron chi connectivity index (χ4n) is 1.88. The molecule has 2 aromatic rings. The van der Waals surface area contributed by atoms with Crippen molar-refractivity contribution in [3.63, 3.8) is 0 Å². The Morgan fingerprint density at radius 2 is 1.75 bits per heavy atom. The molecule has 0 aliphatic rings. The van der Waals surface area contributed by atoms with E-state index in [-0.39, 0.29) is 5.57 Å². The smallest absolute Gasteiger partial charge is 0.337 e. The van der Waals surface area contributed by atoms with Gasteiger partial charge in [-0.3, -0.25) is 4.79 Å². The number of hydrogen-bond acceptors (Lipinski definition) is 4. The van der Waals surface area contributed by atoms with E-state index in [9.17, 15) is 14.0 Å². The van der Waals surface area contributed by atoms with Crippen molar-refractivity contribution in [1.82, 2.24) is 0 Å². The van der Waals surface area contributed by atoms with E-state index in [1.807, 2.05) is 6.07 Å². The number of amides is 1. The van der Waals surface area contributed by atoms with Gasteiger partial charge in [-0.1, -0.05) is 12.1 Å². The molecule has 120 valence electrons. The van der Waals surface area contributed by atoms with Gasteiger partial charge in [-0.25, -0.2) is 9.18 Å². The summed E-state index contributed by atoms with van der Waals surface area (Å²) < 4.78 is 17.4. The number of esters is 1. The number of methoxy groups -OCH3 is 1. The molecule has 2 rings (SSSR count). The van der Waals surface area contributed by atoms with E-state index in [2.05, 4.69) is 10.1 Å². The largest absolute Gasteiger partial charge is 0.465 e. The number of ether oxygens (including phenoxy) is 1. The minimum absolute atomic E-state index is 0.120. The second kappa shape index (κ2) is 7.70. The number of nitriles is 1. The molecule has 0 aliphatic heterocycles. The number of benzene rings is 2. The minimum atomic E-state index is -0.610. The number of rotatable bonds is 4. The number of carbonyl (C=O) groups is 2. The van der Waals surface area contributed by atoms with Crippen LogP contribution in [0.3, 0.4) is 0 Å². The van der Waals surface area contributed by atoms with Gasteiger partial charge in [0.2, 0.25) is 0 Å². The topological polar surface area (TPSA) is 79.2 Å². The molecule has 0 heterocycles. The van der Waals surface area contributed by atoms with Crippen LogP contribution in [0.25, 0.3) is 6.08 Å². The molecule has 0 atom stereocenters. The summed E-state index contributed by atoms with van der Waals surface area (Å²) in [6.45, 7) is 0. The summed E-state index contributed by atoms with van der Waals surface area (Å²) in [5, 5.41) is 11.7. The first-order valence-electron chi connectivity index (χ1n) is 6.90. The predicted octanol–water partition coefficient (Wildman–Crippen LogP) is 3.16. The van der Waals surface area contributed by atoms with Crippen molar-refractivity contribution >= 4 is 23.6 Å². The number of hydrogen-bond donors (Lipinski definition) is 1. The van der Waals surface area contributed by atoms with Crippen molar-refractivity contribution in [2.45, 2.75) is 0 Å². The highest BCUT2D eigenvalue weighted by atomic mass is 19.1. The second-order valence-electron chi connectivity index (χ2n) is 4.74. The Bertz CT molecular complexity index is 819. The van der Waals surface area contributed by atoms with Crippen LogP contribution in [0.5, 0.6) is 0 Å². The van der Waals surface area contributed by atoms with Crippen LogP contribution in [0, 0.1) is 17.1 Å². The van der Waals surface area contributed by atoms with Crippen LogP contribution >= 0.6 is 0 Å². The zero-order valence-electron chi connectivity index (χ0n) is 12.7. The van der Waals surface area contributed by atoms with Crippen LogP contribution in [0.1, 0.15) is 15.9 Å². The number of anilines is 1. The third-order valence-corrected chi connectivity index (χ3v) is 3.11. The van der Waals surface area contributed by atoms with Crippen molar-refractivity contribution < 1.29 is 18.7 Å². The van der Waals surface area contributed by atoms with Crippen LogP contribution in [0.2, 0.25) is 0 Å². The summed E-state index contributed by atoms with van der Waals surface area (Å²) >= 11 is 0. The van der Waals surface area contributed by atoms with Crippen LogP contribution in [0.4, 0.5) is 10.1 Å². The molecule has 0 radical (unpaired) electrons. The third kappa shape index (κ3) is 4.27. The Balaban J connectivity index is 2.16. The molecule has 0 aliphatic carbocycles. The average molecular weight is 324 g/mol. The first-order valence-corrected chi connectivity index (χ1v) is 6.90. The molecule has 2 aromatic carbocycles. The highest BCUT2D eigenvalue weighted by molar-refractivity contribution is 6.09. The molecular weight excluding hydrogens is 311 g/mol. The van der Waals surface area contributed by atoms with E-state index in [1.165, 1.54) is 49.6 Å². The normalized spacial score (nSPS) is 10.6. The Morgan fingerprint density at radius 3 is 2.29 bits per heavy atom. The van der Waals surface area contributed by atoms with Gasteiger partial charge in [-0.15, -0.1) is 0 Å². The lowest BCUT2D eigenvalue weighted by Gasteiger charge is -2.04. The van der Waals surface area contributed by atoms with Gasteiger partial charge < -0.3 is 10.1 Å². The number of nitrogens with zero attached hydrogens (tertiary/aromatic N) is 1. The molecule has 0 saturated carbocycles.